The second kappa shape index (κ2) is 11.1. The smallest absolute Gasteiger partial charge is 0.191 e. The van der Waals surface area contributed by atoms with Gasteiger partial charge in [0.2, 0.25) is 0 Å². The molecule has 2 aromatic heterocycles. The van der Waals surface area contributed by atoms with Gasteiger partial charge >= 0.3 is 0 Å². The first-order valence-electron chi connectivity index (χ1n) is 10.4. The number of thiophene rings is 1. The Bertz CT molecular complexity index is 759. The van der Waals surface area contributed by atoms with E-state index in [-0.39, 0.29) is 6.10 Å². The lowest BCUT2D eigenvalue weighted by molar-refractivity contribution is -0.0334. The number of nitrogens with one attached hydrogen (secondary N) is 2. The molecule has 0 aromatic carbocycles. The van der Waals surface area contributed by atoms with Gasteiger partial charge in [-0.05, 0) is 31.2 Å². The minimum atomic E-state index is 0.271. The topological polar surface area (TPSA) is 61.8 Å². The van der Waals surface area contributed by atoms with Gasteiger partial charge in [-0.1, -0.05) is 19.9 Å². The first-order chi connectivity index (χ1) is 14.1. The van der Waals surface area contributed by atoms with Gasteiger partial charge in [-0.25, -0.2) is 9.98 Å². The third kappa shape index (κ3) is 6.50. The monoisotopic (exact) mass is 435 g/mol. The van der Waals surface area contributed by atoms with E-state index in [0.717, 1.165) is 49.4 Å². The highest BCUT2D eigenvalue weighted by Gasteiger charge is 2.26. The molecule has 0 saturated carbocycles. The van der Waals surface area contributed by atoms with Crippen LogP contribution in [0.3, 0.4) is 0 Å². The Morgan fingerprint density at radius 1 is 1.38 bits per heavy atom. The van der Waals surface area contributed by atoms with Crippen LogP contribution in [0.5, 0.6) is 0 Å². The Morgan fingerprint density at radius 3 is 2.90 bits per heavy atom. The summed E-state index contributed by atoms with van der Waals surface area (Å²) in [5.74, 6) is 1.30. The molecule has 2 aromatic rings. The van der Waals surface area contributed by atoms with Gasteiger partial charge in [0.15, 0.2) is 5.96 Å². The average molecular weight is 436 g/mol. The van der Waals surface area contributed by atoms with E-state index in [0.29, 0.717) is 18.5 Å². The summed E-state index contributed by atoms with van der Waals surface area (Å²) in [5, 5.41) is 12.3. The number of rotatable bonds is 8. The van der Waals surface area contributed by atoms with E-state index in [2.05, 4.69) is 66.1 Å². The molecular weight excluding hydrogens is 402 g/mol. The molecule has 0 spiro atoms. The Kier molecular flexibility index (Phi) is 8.47. The lowest BCUT2D eigenvalue weighted by atomic mass is 10.1. The molecule has 1 aliphatic rings. The van der Waals surface area contributed by atoms with Crippen LogP contribution < -0.4 is 10.6 Å². The van der Waals surface area contributed by atoms with Crippen molar-refractivity contribution in [3.8, 4) is 0 Å². The summed E-state index contributed by atoms with van der Waals surface area (Å²) in [7, 11) is 0. The third-order valence-corrected chi connectivity index (χ3v) is 6.75. The lowest BCUT2D eigenvalue weighted by Crippen LogP contribution is -2.48. The van der Waals surface area contributed by atoms with Gasteiger partial charge in [-0.3, -0.25) is 4.90 Å². The molecule has 0 radical (unpaired) electrons. The van der Waals surface area contributed by atoms with Gasteiger partial charge in [-0.2, -0.15) is 0 Å². The van der Waals surface area contributed by atoms with E-state index >= 15 is 0 Å². The van der Waals surface area contributed by atoms with E-state index < -0.39 is 0 Å². The summed E-state index contributed by atoms with van der Waals surface area (Å²) >= 11 is 3.50. The maximum Gasteiger partial charge on any atom is 0.191 e. The number of aromatic nitrogens is 1. The average Bonchev–Trinajstić information content (AvgIpc) is 3.38. The molecular formula is C21H33N5OS2. The maximum atomic E-state index is 5.75. The van der Waals surface area contributed by atoms with Gasteiger partial charge in [0, 0.05) is 36.4 Å². The summed E-state index contributed by atoms with van der Waals surface area (Å²) in [4.78, 5) is 13.4. The van der Waals surface area contributed by atoms with Gasteiger partial charge in [0.1, 0.15) is 5.01 Å². The molecule has 1 aliphatic heterocycles. The molecule has 1 fully saturated rings. The summed E-state index contributed by atoms with van der Waals surface area (Å²) in [5.41, 5.74) is 1.15. The number of thiazole rings is 1. The van der Waals surface area contributed by atoms with Crippen LogP contribution >= 0.6 is 22.7 Å². The molecule has 1 saturated heterocycles. The van der Waals surface area contributed by atoms with Crippen molar-refractivity contribution in [3.63, 3.8) is 0 Å². The zero-order chi connectivity index (χ0) is 20.6. The van der Waals surface area contributed by atoms with Crippen molar-refractivity contribution in [3.05, 3.63) is 38.5 Å². The van der Waals surface area contributed by atoms with E-state index in [1.165, 1.54) is 4.88 Å². The zero-order valence-electron chi connectivity index (χ0n) is 17.9. The van der Waals surface area contributed by atoms with Crippen molar-refractivity contribution >= 4 is 28.6 Å². The van der Waals surface area contributed by atoms with Crippen LogP contribution in [0.4, 0.5) is 0 Å². The van der Waals surface area contributed by atoms with Crippen LogP contribution in [0.25, 0.3) is 0 Å². The molecule has 160 valence electrons. The molecule has 2 N–H and O–H groups in total. The van der Waals surface area contributed by atoms with E-state index in [4.69, 9.17) is 14.7 Å². The third-order valence-electron chi connectivity index (χ3n) is 4.93. The highest BCUT2D eigenvalue weighted by Crippen LogP contribution is 2.26. The van der Waals surface area contributed by atoms with Crippen LogP contribution in [0.2, 0.25) is 0 Å². The number of morpholine rings is 1. The Hall–Kier alpha value is -1.48. The molecule has 2 unspecified atom stereocenters. The van der Waals surface area contributed by atoms with E-state index in [9.17, 15) is 0 Å². The van der Waals surface area contributed by atoms with Crippen LogP contribution in [-0.2, 0) is 11.3 Å². The number of ether oxygens (including phenoxy) is 1. The largest absolute Gasteiger partial charge is 0.376 e. The van der Waals surface area contributed by atoms with Gasteiger partial charge in [0.25, 0.3) is 0 Å². The molecule has 3 rings (SSSR count). The van der Waals surface area contributed by atoms with Crippen LogP contribution in [0.1, 0.15) is 55.2 Å². The molecule has 6 nitrogen and oxygen atoms in total. The standard InChI is InChI=1S/C21H33N5OS2/c1-5-22-21(24-12-20-25-17(14-29-20)15(2)3)23-11-18(19-7-6-10-28-19)26-8-9-27-16(4)13-26/h6-7,10,14-16,18H,5,8-9,11-13H2,1-4H3,(H2,22,23,24). The van der Waals surface area contributed by atoms with Crippen molar-refractivity contribution in [2.24, 2.45) is 4.99 Å². The summed E-state index contributed by atoms with van der Waals surface area (Å²) < 4.78 is 5.75. The minimum absolute atomic E-state index is 0.271. The summed E-state index contributed by atoms with van der Waals surface area (Å²) in [6.45, 7) is 13.5. The fourth-order valence-corrected chi connectivity index (χ4v) is 5.10. The number of nitrogens with zero attached hydrogens (tertiary/aromatic N) is 3. The van der Waals surface area contributed by atoms with Crippen molar-refractivity contribution in [2.75, 3.05) is 32.8 Å². The highest BCUT2D eigenvalue weighted by atomic mass is 32.1. The highest BCUT2D eigenvalue weighted by molar-refractivity contribution is 7.10. The van der Waals surface area contributed by atoms with Gasteiger partial charge in [0.05, 0.1) is 31.0 Å². The number of hydrogen-bond acceptors (Lipinski definition) is 6. The van der Waals surface area contributed by atoms with Crippen molar-refractivity contribution in [1.82, 2.24) is 20.5 Å². The Morgan fingerprint density at radius 2 is 2.24 bits per heavy atom. The first-order valence-corrected chi connectivity index (χ1v) is 12.2. The van der Waals surface area contributed by atoms with Crippen LogP contribution in [-0.4, -0.2) is 54.7 Å². The second-order valence-electron chi connectivity index (χ2n) is 7.60. The predicted octanol–water partition coefficient (Wildman–Crippen LogP) is 3.85. The predicted molar refractivity (Wildman–Crippen MR) is 123 cm³/mol. The number of hydrogen-bond donors (Lipinski definition) is 2. The molecule has 0 bridgehead atoms. The molecule has 0 amide bonds. The van der Waals surface area contributed by atoms with E-state index in [1.807, 2.05) is 11.3 Å². The first kappa shape index (κ1) is 22.2. The summed E-state index contributed by atoms with van der Waals surface area (Å²) in [6, 6.07) is 4.67. The second-order valence-corrected chi connectivity index (χ2v) is 9.53. The molecule has 0 aliphatic carbocycles. The fourth-order valence-electron chi connectivity index (χ4n) is 3.36. The molecule has 2 atom stereocenters. The maximum absolute atomic E-state index is 5.75. The quantitative estimate of drug-likeness (QED) is 0.487. The van der Waals surface area contributed by atoms with Gasteiger partial charge in [-0.15, -0.1) is 22.7 Å². The molecule has 8 heteroatoms. The number of guanidine groups is 1. The Labute approximate surface area is 182 Å². The Balaban J connectivity index is 1.65. The van der Waals surface area contributed by atoms with Crippen molar-refractivity contribution in [2.45, 2.75) is 52.3 Å². The van der Waals surface area contributed by atoms with Gasteiger partial charge < -0.3 is 15.4 Å². The minimum Gasteiger partial charge on any atom is -0.376 e. The van der Waals surface area contributed by atoms with Crippen LogP contribution in [0, 0.1) is 0 Å². The molecule has 29 heavy (non-hydrogen) atoms. The molecule has 3 heterocycles. The van der Waals surface area contributed by atoms with Crippen molar-refractivity contribution in [1.29, 1.82) is 0 Å². The summed E-state index contributed by atoms with van der Waals surface area (Å²) in [6.07, 6.45) is 0.271. The fraction of sp³-hybridized carbons (Fsp3) is 0.619. The zero-order valence-corrected chi connectivity index (χ0v) is 19.5. The van der Waals surface area contributed by atoms with Crippen molar-refractivity contribution < 1.29 is 4.74 Å². The normalized spacial score (nSPS) is 19.5. The lowest BCUT2D eigenvalue weighted by Gasteiger charge is -2.37. The van der Waals surface area contributed by atoms with Crippen LogP contribution in [0.15, 0.2) is 27.9 Å². The number of aliphatic imine (C=N–C) groups is 1. The van der Waals surface area contributed by atoms with E-state index in [1.54, 1.807) is 11.3 Å². The SMILES string of the molecule is CCNC(=NCc1nc(C(C)C)cs1)NCC(c1cccs1)N1CCOC(C)C1.